The number of alkyl carbamates (subject to hydrolysis) is 1. The highest BCUT2D eigenvalue weighted by atomic mass is 16.6. The van der Waals surface area contributed by atoms with Gasteiger partial charge in [-0.25, -0.2) is 4.79 Å². The molecule has 0 aromatic heterocycles. The average molecular weight is 308 g/mol. The molecule has 1 aromatic carbocycles. The van der Waals surface area contributed by atoms with Crippen molar-refractivity contribution in [2.45, 2.75) is 40.2 Å². The van der Waals surface area contributed by atoms with Crippen molar-refractivity contribution in [1.82, 2.24) is 5.32 Å². The third kappa shape index (κ3) is 8.39. The first-order chi connectivity index (χ1) is 10.3. The lowest BCUT2D eigenvalue weighted by atomic mass is 10.2. The third-order valence-electron chi connectivity index (χ3n) is 2.54. The minimum Gasteiger partial charge on any atom is -0.493 e. The molecule has 0 saturated heterocycles. The maximum Gasteiger partial charge on any atom is 0.407 e. The fourth-order valence-electron chi connectivity index (χ4n) is 1.64. The summed E-state index contributed by atoms with van der Waals surface area (Å²) in [6.07, 6.45) is -0.400. The summed E-state index contributed by atoms with van der Waals surface area (Å²) >= 11 is 0. The zero-order chi connectivity index (χ0) is 16.6. The van der Waals surface area contributed by atoms with Crippen LogP contribution < -0.4 is 15.4 Å². The Bertz CT molecular complexity index is 467. The van der Waals surface area contributed by atoms with Crippen molar-refractivity contribution in [2.24, 2.45) is 5.92 Å². The molecule has 0 heterocycles. The van der Waals surface area contributed by atoms with E-state index in [1.807, 2.05) is 45.0 Å². The zero-order valence-electron chi connectivity index (χ0n) is 14.2. The smallest absolute Gasteiger partial charge is 0.407 e. The van der Waals surface area contributed by atoms with Gasteiger partial charge in [0.2, 0.25) is 0 Å². The Morgan fingerprint density at radius 1 is 1.23 bits per heavy atom. The molecule has 5 nitrogen and oxygen atoms in total. The van der Waals surface area contributed by atoms with Crippen molar-refractivity contribution >= 4 is 11.8 Å². The van der Waals surface area contributed by atoms with E-state index >= 15 is 0 Å². The highest BCUT2D eigenvalue weighted by Gasteiger charge is 2.15. The standard InChI is InChI=1S/C17H28N2O3/c1-13(2)12-21-15-8-6-7-14(11-15)18-9-10-19-16(20)22-17(3,4)5/h6-8,11,13,18H,9-10,12H2,1-5H3,(H,19,20). The molecule has 0 unspecified atom stereocenters. The van der Waals surface area contributed by atoms with Crippen molar-refractivity contribution in [1.29, 1.82) is 0 Å². The number of anilines is 1. The highest BCUT2D eigenvalue weighted by molar-refractivity contribution is 5.67. The van der Waals surface area contributed by atoms with Crippen molar-refractivity contribution < 1.29 is 14.3 Å². The number of hydrogen-bond acceptors (Lipinski definition) is 4. The van der Waals surface area contributed by atoms with Crippen LogP contribution in [0.5, 0.6) is 5.75 Å². The molecule has 0 saturated carbocycles. The van der Waals surface area contributed by atoms with Gasteiger partial charge in [0.25, 0.3) is 0 Å². The van der Waals surface area contributed by atoms with Gasteiger partial charge in [0.05, 0.1) is 6.61 Å². The number of rotatable bonds is 7. The molecular formula is C17H28N2O3. The Labute approximate surface area is 133 Å². The topological polar surface area (TPSA) is 59.6 Å². The number of ether oxygens (including phenoxy) is 2. The predicted octanol–water partition coefficient (Wildman–Crippen LogP) is 3.66. The third-order valence-corrected chi connectivity index (χ3v) is 2.54. The number of nitrogens with one attached hydrogen (secondary N) is 2. The maximum atomic E-state index is 11.5. The molecular weight excluding hydrogens is 280 g/mol. The van der Waals surface area contributed by atoms with E-state index < -0.39 is 11.7 Å². The van der Waals surface area contributed by atoms with Gasteiger partial charge in [0.15, 0.2) is 0 Å². The summed E-state index contributed by atoms with van der Waals surface area (Å²) in [5, 5.41) is 5.95. The summed E-state index contributed by atoms with van der Waals surface area (Å²) in [7, 11) is 0. The lowest BCUT2D eigenvalue weighted by Gasteiger charge is -2.19. The molecule has 0 fully saturated rings. The molecule has 2 N–H and O–H groups in total. The average Bonchev–Trinajstić information content (AvgIpc) is 2.40. The van der Waals surface area contributed by atoms with Gasteiger partial charge < -0.3 is 20.1 Å². The second-order valence-corrected chi connectivity index (χ2v) is 6.59. The van der Waals surface area contributed by atoms with Crippen LogP contribution in [0.25, 0.3) is 0 Å². The van der Waals surface area contributed by atoms with Crippen molar-refractivity contribution in [3.63, 3.8) is 0 Å². The Balaban J connectivity index is 2.30. The molecule has 1 aromatic rings. The molecule has 0 bridgehead atoms. The second kappa shape index (κ2) is 8.51. The molecule has 0 radical (unpaired) electrons. The lowest BCUT2D eigenvalue weighted by Crippen LogP contribution is -2.34. The van der Waals surface area contributed by atoms with E-state index in [9.17, 15) is 4.79 Å². The normalized spacial score (nSPS) is 11.2. The summed E-state index contributed by atoms with van der Waals surface area (Å²) in [5.41, 5.74) is 0.492. The van der Waals surface area contributed by atoms with Crippen molar-refractivity contribution in [2.75, 3.05) is 25.0 Å². The van der Waals surface area contributed by atoms with Gasteiger partial charge in [0.1, 0.15) is 11.4 Å². The number of benzene rings is 1. The summed E-state index contributed by atoms with van der Waals surface area (Å²) in [6.45, 7) is 11.6. The summed E-state index contributed by atoms with van der Waals surface area (Å²) in [6, 6.07) is 7.80. The van der Waals surface area contributed by atoms with E-state index in [1.165, 1.54) is 0 Å². The highest BCUT2D eigenvalue weighted by Crippen LogP contribution is 2.17. The van der Waals surface area contributed by atoms with E-state index in [4.69, 9.17) is 9.47 Å². The minimum atomic E-state index is -0.473. The lowest BCUT2D eigenvalue weighted by molar-refractivity contribution is 0.0530. The van der Waals surface area contributed by atoms with Gasteiger partial charge in [-0.05, 0) is 38.8 Å². The van der Waals surface area contributed by atoms with Gasteiger partial charge in [-0.1, -0.05) is 19.9 Å². The Hall–Kier alpha value is -1.91. The SMILES string of the molecule is CC(C)COc1cccc(NCCNC(=O)OC(C)(C)C)c1. The predicted molar refractivity (Wildman–Crippen MR) is 89.5 cm³/mol. The van der Waals surface area contributed by atoms with Gasteiger partial charge in [0, 0.05) is 24.8 Å². The largest absolute Gasteiger partial charge is 0.493 e. The monoisotopic (exact) mass is 308 g/mol. The first-order valence-corrected chi connectivity index (χ1v) is 7.70. The number of hydrogen-bond donors (Lipinski definition) is 2. The first kappa shape index (κ1) is 18.1. The van der Waals surface area contributed by atoms with E-state index in [0.29, 0.717) is 25.6 Å². The molecule has 124 valence electrons. The molecule has 0 spiro atoms. The van der Waals surface area contributed by atoms with Crippen LogP contribution in [0, 0.1) is 5.92 Å². The maximum absolute atomic E-state index is 11.5. The van der Waals surface area contributed by atoms with Crippen LogP contribution >= 0.6 is 0 Å². The Morgan fingerprint density at radius 2 is 1.95 bits per heavy atom. The molecule has 1 amide bonds. The zero-order valence-corrected chi connectivity index (χ0v) is 14.2. The van der Waals surface area contributed by atoms with Crippen LogP contribution in [0.3, 0.4) is 0 Å². The molecule has 1 rings (SSSR count). The molecule has 0 aliphatic heterocycles. The summed E-state index contributed by atoms with van der Waals surface area (Å²) in [5.74, 6) is 1.34. The Morgan fingerprint density at radius 3 is 2.59 bits per heavy atom. The molecule has 22 heavy (non-hydrogen) atoms. The number of amides is 1. The van der Waals surface area contributed by atoms with Gasteiger partial charge in [-0.15, -0.1) is 0 Å². The van der Waals surface area contributed by atoms with Crippen LogP contribution in [-0.2, 0) is 4.74 Å². The number of carbonyl (C=O) groups is 1. The first-order valence-electron chi connectivity index (χ1n) is 7.70. The molecule has 0 aliphatic rings. The summed E-state index contributed by atoms with van der Waals surface area (Å²) < 4.78 is 10.8. The van der Waals surface area contributed by atoms with E-state index in [-0.39, 0.29) is 0 Å². The fourth-order valence-corrected chi connectivity index (χ4v) is 1.64. The Kier molecular flexibility index (Phi) is 7.02. The van der Waals surface area contributed by atoms with E-state index in [1.54, 1.807) is 0 Å². The second-order valence-electron chi connectivity index (χ2n) is 6.59. The minimum absolute atomic E-state index is 0.400. The van der Waals surface area contributed by atoms with E-state index in [2.05, 4.69) is 24.5 Å². The van der Waals surface area contributed by atoms with Gasteiger partial charge in [-0.2, -0.15) is 0 Å². The van der Waals surface area contributed by atoms with Crippen LogP contribution in [0.1, 0.15) is 34.6 Å². The quantitative estimate of drug-likeness (QED) is 0.755. The van der Waals surface area contributed by atoms with Crippen molar-refractivity contribution in [3.8, 4) is 5.75 Å². The summed E-state index contributed by atoms with van der Waals surface area (Å²) in [4.78, 5) is 11.5. The van der Waals surface area contributed by atoms with Crippen LogP contribution in [0.15, 0.2) is 24.3 Å². The van der Waals surface area contributed by atoms with Crippen molar-refractivity contribution in [3.05, 3.63) is 24.3 Å². The van der Waals surface area contributed by atoms with Gasteiger partial charge in [-0.3, -0.25) is 0 Å². The van der Waals surface area contributed by atoms with Crippen LogP contribution in [-0.4, -0.2) is 31.4 Å². The fraction of sp³-hybridized carbons (Fsp3) is 0.588. The molecule has 5 heteroatoms. The molecule has 0 aliphatic carbocycles. The number of carbonyl (C=O) groups excluding carboxylic acids is 1. The van der Waals surface area contributed by atoms with Crippen LogP contribution in [0.4, 0.5) is 10.5 Å². The molecule has 0 atom stereocenters. The van der Waals surface area contributed by atoms with E-state index in [0.717, 1.165) is 11.4 Å². The van der Waals surface area contributed by atoms with Gasteiger partial charge >= 0.3 is 6.09 Å². The van der Waals surface area contributed by atoms with Crippen LogP contribution in [0.2, 0.25) is 0 Å².